The molecule has 0 aromatic heterocycles. The third-order valence-corrected chi connectivity index (χ3v) is 3.77. The van der Waals surface area contributed by atoms with Gasteiger partial charge in [-0.3, -0.25) is 9.59 Å². The van der Waals surface area contributed by atoms with Crippen LogP contribution < -0.4 is 10.6 Å². The second kappa shape index (κ2) is 6.18. The van der Waals surface area contributed by atoms with E-state index in [-0.39, 0.29) is 17.9 Å². The third kappa shape index (κ3) is 3.22. The molecule has 2 N–H and O–H groups in total. The largest absolute Gasteiger partial charge is 0.343 e. The highest BCUT2D eigenvalue weighted by molar-refractivity contribution is 5.89. The zero-order chi connectivity index (χ0) is 13.0. The summed E-state index contributed by atoms with van der Waals surface area (Å²) >= 11 is 0. The van der Waals surface area contributed by atoms with Gasteiger partial charge in [0.2, 0.25) is 11.8 Å². The number of hydrogen-bond donors (Lipinski definition) is 2. The fraction of sp³-hybridized carbons (Fsp3) is 0.846. The molecule has 5 nitrogen and oxygen atoms in total. The quantitative estimate of drug-likeness (QED) is 0.758. The van der Waals surface area contributed by atoms with Gasteiger partial charge in [-0.15, -0.1) is 0 Å². The van der Waals surface area contributed by atoms with Crippen LogP contribution in [0.25, 0.3) is 0 Å². The first-order valence-corrected chi connectivity index (χ1v) is 7.01. The fourth-order valence-corrected chi connectivity index (χ4v) is 2.66. The van der Waals surface area contributed by atoms with E-state index in [0.29, 0.717) is 0 Å². The maximum atomic E-state index is 12.1. The van der Waals surface area contributed by atoms with Crippen molar-refractivity contribution in [3.8, 4) is 0 Å². The van der Waals surface area contributed by atoms with Crippen LogP contribution in [-0.4, -0.2) is 48.4 Å². The molecule has 2 aliphatic heterocycles. The number of nitrogens with zero attached hydrogens (tertiary/aromatic N) is 1. The summed E-state index contributed by atoms with van der Waals surface area (Å²) in [5, 5.41) is 6.03. The average Bonchev–Trinajstić information content (AvgIpc) is 2.92. The van der Waals surface area contributed by atoms with E-state index in [9.17, 15) is 9.59 Å². The highest BCUT2D eigenvalue weighted by Crippen LogP contribution is 2.10. The zero-order valence-electron chi connectivity index (χ0n) is 11.1. The van der Waals surface area contributed by atoms with Crippen molar-refractivity contribution < 1.29 is 9.59 Å². The van der Waals surface area contributed by atoms with Gasteiger partial charge in [0, 0.05) is 13.1 Å². The normalized spacial score (nSPS) is 25.8. The standard InChI is InChI=1S/C13H23N3O2/c1-10(13(18)16-8-4-5-9-16)15-12(17)11-6-2-3-7-14-11/h10-11,14H,2-9H2,1H3,(H,15,17)/t10?,11-/m0/s1. The van der Waals surface area contributed by atoms with Crippen molar-refractivity contribution in [1.82, 2.24) is 15.5 Å². The van der Waals surface area contributed by atoms with E-state index in [4.69, 9.17) is 0 Å². The molecule has 0 spiro atoms. The van der Waals surface area contributed by atoms with Gasteiger partial charge >= 0.3 is 0 Å². The molecule has 18 heavy (non-hydrogen) atoms. The first-order chi connectivity index (χ1) is 8.68. The lowest BCUT2D eigenvalue weighted by Gasteiger charge is -2.26. The molecule has 2 rings (SSSR count). The van der Waals surface area contributed by atoms with Crippen LogP contribution in [0.15, 0.2) is 0 Å². The minimum absolute atomic E-state index is 0.0326. The van der Waals surface area contributed by atoms with Crippen LogP contribution in [-0.2, 0) is 9.59 Å². The fourth-order valence-electron chi connectivity index (χ4n) is 2.66. The van der Waals surface area contributed by atoms with Gasteiger partial charge in [0.25, 0.3) is 0 Å². The van der Waals surface area contributed by atoms with Crippen molar-refractivity contribution in [3.05, 3.63) is 0 Å². The number of nitrogens with one attached hydrogen (secondary N) is 2. The van der Waals surface area contributed by atoms with Gasteiger partial charge in [-0.25, -0.2) is 0 Å². The van der Waals surface area contributed by atoms with Gasteiger partial charge in [-0.1, -0.05) is 6.42 Å². The van der Waals surface area contributed by atoms with E-state index in [1.165, 1.54) is 0 Å². The molecule has 2 fully saturated rings. The van der Waals surface area contributed by atoms with Gasteiger partial charge in [-0.2, -0.15) is 0 Å². The van der Waals surface area contributed by atoms with Crippen LogP contribution in [0, 0.1) is 0 Å². The number of rotatable bonds is 3. The number of likely N-dealkylation sites (tertiary alicyclic amines) is 1. The Balaban J connectivity index is 1.80. The minimum atomic E-state index is -0.403. The zero-order valence-corrected chi connectivity index (χ0v) is 11.1. The van der Waals surface area contributed by atoms with E-state index in [1.807, 2.05) is 4.90 Å². The average molecular weight is 253 g/mol. The van der Waals surface area contributed by atoms with Crippen molar-refractivity contribution in [2.75, 3.05) is 19.6 Å². The van der Waals surface area contributed by atoms with Crippen molar-refractivity contribution in [2.24, 2.45) is 0 Å². The van der Waals surface area contributed by atoms with Gasteiger partial charge in [0.15, 0.2) is 0 Å². The molecule has 0 aliphatic carbocycles. The summed E-state index contributed by atoms with van der Waals surface area (Å²) < 4.78 is 0. The van der Waals surface area contributed by atoms with E-state index >= 15 is 0 Å². The third-order valence-electron chi connectivity index (χ3n) is 3.77. The maximum absolute atomic E-state index is 12.1. The van der Waals surface area contributed by atoms with Crippen molar-refractivity contribution in [1.29, 1.82) is 0 Å². The molecular formula is C13H23N3O2. The molecule has 1 unspecified atom stereocenters. The number of carbonyl (C=O) groups excluding carboxylic acids is 2. The lowest BCUT2D eigenvalue weighted by atomic mass is 10.0. The molecule has 2 atom stereocenters. The molecule has 0 saturated carbocycles. The minimum Gasteiger partial charge on any atom is -0.343 e. The number of piperidine rings is 1. The number of amides is 2. The summed E-state index contributed by atoms with van der Waals surface area (Å²) in [4.78, 5) is 25.9. The van der Waals surface area contributed by atoms with E-state index in [0.717, 1.165) is 51.7 Å². The Morgan fingerprint density at radius 2 is 1.94 bits per heavy atom. The first-order valence-electron chi connectivity index (χ1n) is 7.01. The molecule has 0 radical (unpaired) electrons. The predicted molar refractivity (Wildman–Crippen MR) is 69.1 cm³/mol. The Hall–Kier alpha value is -1.10. The molecule has 2 saturated heterocycles. The second-order valence-electron chi connectivity index (χ2n) is 5.27. The van der Waals surface area contributed by atoms with Gasteiger partial charge in [-0.05, 0) is 39.2 Å². The molecule has 5 heteroatoms. The summed E-state index contributed by atoms with van der Waals surface area (Å²) in [6.45, 7) is 4.34. The van der Waals surface area contributed by atoms with Crippen LogP contribution in [0.2, 0.25) is 0 Å². The van der Waals surface area contributed by atoms with Crippen molar-refractivity contribution in [3.63, 3.8) is 0 Å². The molecule has 102 valence electrons. The van der Waals surface area contributed by atoms with E-state index < -0.39 is 6.04 Å². The lowest BCUT2D eigenvalue weighted by molar-refractivity contribution is -0.135. The second-order valence-corrected chi connectivity index (χ2v) is 5.27. The van der Waals surface area contributed by atoms with Gasteiger partial charge in [0.05, 0.1) is 6.04 Å². The summed E-state index contributed by atoms with van der Waals surface area (Å²) in [5.74, 6) is 0.0198. The van der Waals surface area contributed by atoms with Crippen LogP contribution in [0.1, 0.15) is 39.0 Å². The summed E-state index contributed by atoms with van der Waals surface area (Å²) in [6.07, 6.45) is 5.25. The molecule has 0 aromatic rings. The molecule has 0 bridgehead atoms. The van der Waals surface area contributed by atoms with Crippen LogP contribution in [0.5, 0.6) is 0 Å². The highest BCUT2D eigenvalue weighted by atomic mass is 16.2. The summed E-state index contributed by atoms with van der Waals surface area (Å²) in [6, 6.07) is -0.521. The number of carbonyl (C=O) groups is 2. The van der Waals surface area contributed by atoms with Crippen LogP contribution >= 0.6 is 0 Å². The Bertz CT molecular complexity index is 307. The summed E-state index contributed by atoms with van der Waals surface area (Å²) in [5.41, 5.74) is 0. The Morgan fingerprint density at radius 1 is 1.22 bits per heavy atom. The molecule has 2 aliphatic rings. The Kier molecular flexibility index (Phi) is 4.58. The molecule has 0 aromatic carbocycles. The van der Waals surface area contributed by atoms with Gasteiger partial charge < -0.3 is 15.5 Å². The Morgan fingerprint density at radius 3 is 2.56 bits per heavy atom. The first kappa shape index (κ1) is 13.3. The Labute approximate surface area is 108 Å². The smallest absolute Gasteiger partial charge is 0.244 e. The highest BCUT2D eigenvalue weighted by Gasteiger charge is 2.27. The van der Waals surface area contributed by atoms with Crippen LogP contribution in [0.3, 0.4) is 0 Å². The maximum Gasteiger partial charge on any atom is 0.244 e. The van der Waals surface area contributed by atoms with Crippen LogP contribution in [0.4, 0.5) is 0 Å². The molecule has 2 amide bonds. The molecule has 2 heterocycles. The van der Waals surface area contributed by atoms with Gasteiger partial charge in [0.1, 0.15) is 6.04 Å². The predicted octanol–water partition coefficient (Wildman–Crippen LogP) is 0.256. The summed E-state index contributed by atoms with van der Waals surface area (Å²) in [7, 11) is 0. The SMILES string of the molecule is CC(NC(=O)[C@@H]1CCCCN1)C(=O)N1CCCC1. The monoisotopic (exact) mass is 253 g/mol. The van der Waals surface area contributed by atoms with E-state index in [2.05, 4.69) is 10.6 Å². The topological polar surface area (TPSA) is 61.4 Å². The van der Waals surface area contributed by atoms with Crippen molar-refractivity contribution in [2.45, 2.75) is 51.1 Å². The number of hydrogen-bond acceptors (Lipinski definition) is 3. The molecular weight excluding hydrogens is 230 g/mol. The van der Waals surface area contributed by atoms with Crippen molar-refractivity contribution >= 4 is 11.8 Å². The van der Waals surface area contributed by atoms with E-state index in [1.54, 1.807) is 6.92 Å². The lowest BCUT2D eigenvalue weighted by Crippen LogP contribution is -2.53.